The molecular weight excluding hydrogens is 518 g/mol. The van der Waals surface area contributed by atoms with Crippen molar-refractivity contribution in [2.24, 2.45) is 16.3 Å². The standard InChI is InChI=1S/C29H37N5O4.ClH/c1-4-34-27(37)29(17-21-11-7-5-8-12-21)20-33(16-15-24(29)32-34)25(35)23(31-26(36)28(2,3)30)19-38-18-22-13-9-6-10-14-22;/h5-14,23H,4,15-20,30H2,1-3H3,(H,31,36);1H/t23-,29-;/m1./s1. The van der Waals surface area contributed by atoms with Crippen LogP contribution in [0, 0.1) is 5.41 Å². The van der Waals surface area contributed by atoms with E-state index >= 15 is 0 Å². The minimum absolute atomic E-state index is 0. The quantitative estimate of drug-likeness (QED) is 0.467. The second-order valence-electron chi connectivity index (χ2n) is 10.6. The number of carbonyl (C=O) groups excluding carboxylic acids is 3. The Hall–Kier alpha value is -3.27. The molecule has 3 amide bonds. The van der Waals surface area contributed by atoms with Gasteiger partial charge in [0.2, 0.25) is 11.8 Å². The van der Waals surface area contributed by atoms with Crippen molar-refractivity contribution in [1.82, 2.24) is 15.2 Å². The van der Waals surface area contributed by atoms with Crippen molar-refractivity contribution in [3.63, 3.8) is 0 Å². The van der Waals surface area contributed by atoms with Crippen molar-refractivity contribution in [3.8, 4) is 0 Å². The van der Waals surface area contributed by atoms with Gasteiger partial charge in [-0.2, -0.15) is 5.10 Å². The summed E-state index contributed by atoms with van der Waals surface area (Å²) < 4.78 is 5.87. The number of benzene rings is 2. The van der Waals surface area contributed by atoms with Gasteiger partial charge in [-0.15, -0.1) is 12.4 Å². The number of hydrogen-bond acceptors (Lipinski definition) is 6. The topological polar surface area (TPSA) is 117 Å². The second kappa shape index (κ2) is 12.7. The predicted molar refractivity (Wildman–Crippen MR) is 152 cm³/mol. The molecule has 0 aromatic heterocycles. The van der Waals surface area contributed by atoms with Crippen LogP contribution in [0.3, 0.4) is 0 Å². The zero-order chi connectivity index (χ0) is 27.3. The van der Waals surface area contributed by atoms with Crippen LogP contribution in [-0.4, -0.2) is 71.2 Å². The van der Waals surface area contributed by atoms with Gasteiger partial charge in [0.05, 0.1) is 24.5 Å². The normalized spacial score (nSPS) is 19.6. The van der Waals surface area contributed by atoms with Crippen LogP contribution in [0.4, 0.5) is 0 Å². The van der Waals surface area contributed by atoms with Crippen molar-refractivity contribution >= 4 is 35.8 Å². The van der Waals surface area contributed by atoms with Gasteiger partial charge < -0.3 is 20.7 Å². The average molecular weight is 556 g/mol. The number of carbonyl (C=O) groups is 3. The summed E-state index contributed by atoms with van der Waals surface area (Å²) in [7, 11) is 0. The van der Waals surface area contributed by atoms with E-state index in [1.807, 2.05) is 67.6 Å². The zero-order valence-corrected chi connectivity index (χ0v) is 23.6. The van der Waals surface area contributed by atoms with Gasteiger partial charge in [0, 0.05) is 26.1 Å². The lowest BCUT2D eigenvalue weighted by molar-refractivity contribution is -0.144. The molecule has 2 aromatic rings. The number of likely N-dealkylation sites (tertiary alicyclic amines) is 1. The summed E-state index contributed by atoms with van der Waals surface area (Å²) in [5.74, 6) is -0.850. The molecule has 2 aromatic carbocycles. The van der Waals surface area contributed by atoms with E-state index in [1.165, 1.54) is 5.01 Å². The zero-order valence-electron chi connectivity index (χ0n) is 22.8. The van der Waals surface area contributed by atoms with Crippen LogP contribution in [0.15, 0.2) is 65.8 Å². The Balaban J connectivity index is 0.00000420. The van der Waals surface area contributed by atoms with E-state index in [4.69, 9.17) is 10.5 Å². The van der Waals surface area contributed by atoms with Crippen molar-refractivity contribution in [3.05, 3.63) is 71.8 Å². The SMILES string of the molecule is CCN1N=C2CCN(C(=O)[C@@H](COCc3ccccc3)NC(=O)C(C)(C)N)C[C@@]2(Cc2ccccc2)C1=O.Cl. The van der Waals surface area contributed by atoms with Crippen molar-refractivity contribution in [1.29, 1.82) is 0 Å². The highest BCUT2D eigenvalue weighted by molar-refractivity contribution is 6.13. The lowest BCUT2D eigenvalue weighted by Crippen LogP contribution is -2.61. The Morgan fingerprint density at radius 2 is 1.72 bits per heavy atom. The molecular formula is C29H38ClN5O4. The summed E-state index contributed by atoms with van der Waals surface area (Å²) in [4.78, 5) is 41.9. The number of nitrogens with one attached hydrogen (secondary N) is 1. The van der Waals surface area contributed by atoms with E-state index < -0.39 is 22.9 Å². The molecule has 0 aliphatic carbocycles. The van der Waals surface area contributed by atoms with Gasteiger partial charge in [-0.05, 0) is 38.3 Å². The van der Waals surface area contributed by atoms with Crippen LogP contribution < -0.4 is 11.1 Å². The monoisotopic (exact) mass is 555 g/mol. The third-order valence-corrected chi connectivity index (χ3v) is 7.06. The van der Waals surface area contributed by atoms with E-state index in [1.54, 1.807) is 18.7 Å². The number of nitrogens with zero attached hydrogens (tertiary/aromatic N) is 3. The summed E-state index contributed by atoms with van der Waals surface area (Å²) in [5.41, 5.74) is 6.67. The molecule has 0 bridgehead atoms. The molecule has 0 radical (unpaired) electrons. The highest BCUT2D eigenvalue weighted by Crippen LogP contribution is 2.38. The molecule has 3 N–H and O–H groups in total. The summed E-state index contributed by atoms with van der Waals surface area (Å²) in [5, 5.41) is 8.92. The van der Waals surface area contributed by atoms with Gasteiger partial charge in [0.15, 0.2) is 0 Å². The van der Waals surface area contributed by atoms with E-state index in [2.05, 4.69) is 10.4 Å². The number of amides is 3. The van der Waals surface area contributed by atoms with Crippen molar-refractivity contribution in [2.75, 3.05) is 26.2 Å². The van der Waals surface area contributed by atoms with Gasteiger partial charge in [-0.1, -0.05) is 60.7 Å². The second-order valence-corrected chi connectivity index (χ2v) is 10.6. The number of halogens is 1. The largest absolute Gasteiger partial charge is 0.374 e. The maximum Gasteiger partial charge on any atom is 0.256 e. The molecule has 1 saturated heterocycles. The lowest BCUT2D eigenvalue weighted by atomic mass is 9.73. The molecule has 10 heteroatoms. The van der Waals surface area contributed by atoms with Crippen LogP contribution in [-0.2, 0) is 32.1 Å². The lowest BCUT2D eigenvalue weighted by Gasteiger charge is -2.41. The number of piperidine rings is 1. The fourth-order valence-electron chi connectivity index (χ4n) is 4.94. The molecule has 1 fully saturated rings. The van der Waals surface area contributed by atoms with E-state index in [-0.39, 0.29) is 37.4 Å². The van der Waals surface area contributed by atoms with E-state index in [0.717, 1.165) is 16.8 Å². The van der Waals surface area contributed by atoms with Crippen LogP contribution in [0.1, 0.15) is 38.3 Å². The first kappa shape index (κ1) is 30.3. The summed E-state index contributed by atoms with van der Waals surface area (Å²) in [6.45, 7) is 6.39. The molecule has 4 rings (SSSR count). The predicted octanol–water partition coefficient (Wildman–Crippen LogP) is 2.53. The van der Waals surface area contributed by atoms with Crippen LogP contribution in [0.2, 0.25) is 0 Å². The van der Waals surface area contributed by atoms with E-state index in [9.17, 15) is 14.4 Å². The number of nitrogens with two attached hydrogens (primary N) is 1. The Bertz CT molecular complexity index is 1190. The maximum atomic E-state index is 13.9. The maximum absolute atomic E-state index is 13.9. The van der Waals surface area contributed by atoms with Crippen LogP contribution in [0.5, 0.6) is 0 Å². The van der Waals surface area contributed by atoms with Gasteiger partial charge in [0.1, 0.15) is 11.5 Å². The number of ether oxygens (including phenoxy) is 1. The summed E-state index contributed by atoms with van der Waals surface area (Å²) in [6, 6.07) is 18.5. The van der Waals surface area contributed by atoms with Crippen LogP contribution >= 0.6 is 12.4 Å². The highest BCUT2D eigenvalue weighted by Gasteiger charge is 2.54. The van der Waals surface area contributed by atoms with Crippen LogP contribution in [0.25, 0.3) is 0 Å². The van der Waals surface area contributed by atoms with Gasteiger partial charge >= 0.3 is 0 Å². The third-order valence-electron chi connectivity index (χ3n) is 7.06. The number of rotatable bonds is 10. The summed E-state index contributed by atoms with van der Waals surface area (Å²) in [6.07, 6.45) is 0.928. The molecule has 39 heavy (non-hydrogen) atoms. The fourth-order valence-corrected chi connectivity index (χ4v) is 4.94. The fraction of sp³-hybridized carbons (Fsp3) is 0.448. The molecule has 2 aliphatic heterocycles. The van der Waals surface area contributed by atoms with Gasteiger partial charge in [-0.3, -0.25) is 14.4 Å². The Morgan fingerprint density at radius 3 is 2.31 bits per heavy atom. The molecule has 2 aliphatic rings. The number of hydrogen-bond donors (Lipinski definition) is 2. The first-order valence-electron chi connectivity index (χ1n) is 13.1. The molecule has 0 spiro atoms. The molecule has 210 valence electrons. The number of fused-ring (bicyclic) bond motifs is 1. The van der Waals surface area contributed by atoms with Crippen molar-refractivity contribution < 1.29 is 19.1 Å². The minimum atomic E-state index is -1.17. The van der Waals surface area contributed by atoms with Gasteiger partial charge in [-0.25, -0.2) is 5.01 Å². The number of hydrazone groups is 1. The molecule has 9 nitrogen and oxygen atoms in total. The molecule has 2 atom stereocenters. The smallest absolute Gasteiger partial charge is 0.256 e. The summed E-state index contributed by atoms with van der Waals surface area (Å²) >= 11 is 0. The Kier molecular flexibility index (Phi) is 9.88. The molecule has 0 unspecified atom stereocenters. The minimum Gasteiger partial charge on any atom is -0.374 e. The Morgan fingerprint density at radius 1 is 1.10 bits per heavy atom. The first-order valence-corrected chi connectivity index (χ1v) is 13.1. The third kappa shape index (κ3) is 6.84. The molecule has 2 heterocycles. The Labute approximate surface area is 236 Å². The first-order chi connectivity index (χ1) is 18.1. The average Bonchev–Trinajstić information content (AvgIpc) is 3.18. The van der Waals surface area contributed by atoms with E-state index in [0.29, 0.717) is 32.5 Å². The van der Waals surface area contributed by atoms with Gasteiger partial charge in [0.25, 0.3) is 5.91 Å². The van der Waals surface area contributed by atoms with Crippen molar-refractivity contribution in [2.45, 2.75) is 51.8 Å². The molecule has 0 saturated carbocycles. The highest BCUT2D eigenvalue weighted by atomic mass is 35.5.